The number of halogens is 2. The monoisotopic (exact) mass is 247 g/mol. The largest absolute Gasteiger partial charge is 0.303 e. The average molecular weight is 249 g/mol. The van der Waals surface area contributed by atoms with Crippen LogP contribution in [-0.2, 0) is 4.84 Å². The van der Waals surface area contributed by atoms with E-state index in [1.54, 1.807) is 12.2 Å². The molecule has 0 heterocycles. The predicted molar refractivity (Wildman–Crippen MR) is 43.8 cm³/mol. The first-order valence-electron chi connectivity index (χ1n) is 2.12. The van der Waals surface area contributed by atoms with E-state index in [2.05, 4.69) is 15.9 Å². The van der Waals surface area contributed by atoms with Gasteiger partial charge in [-0.05, 0) is 0 Å². The van der Waals surface area contributed by atoms with Crippen LogP contribution in [0.5, 0.6) is 0 Å². The number of hydrogen-bond acceptors (Lipinski definition) is 2. The molecule has 0 aromatic rings. The Morgan fingerprint density at radius 1 is 1.62 bits per heavy atom. The van der Waals surface area contributed by atoms with Crippen molar-refractivity contribution in [2.45, 2.75) is 0 Å². The first kappa shape index (κ1) is 11.6. The zero-order chi connectivity index (χ0) is 5.70. The zero-order valence-electron chi connectivity index (χ0n) is 5.06. The molecule has 52 valence electrons. The average Bonchev–Trinajstić information content (AvgIpc) is 1.68. The molecule has 0 bridgehead atoms. The highest BCUT2D eigenvalue weighted by Gasteiger charge is 1.88. The number of nitrogens with zero attached hydrogens (tertiary/aromatic N) is 1. The first-order chi connectivity index (χ1) is 3.31. The molecule has 0 aromatic heterocycles. The molecule has 0 radical (unpaired) electrons. The molecule has 0 saturated carbocycles. The highest BCUT2D eigenvalue weighted by Crippen LogP contribution is 1.83. The summed E-state index contributed by atoms with van der Waals surface area (Å²) in [6.07, 6.45) is 0. The van der Waals surface area contributed by atoms with Crippen molar-refractivity contribution in [2.75, 3.05) is 26.0 Å². The fourth-order valence-electron chi connectivity index (χ4n) is 0.210. The van der Waals surface area contributed by atoms with Crippen LogP contribution in [0.3, 0.4) is 0 Å². The molecule has 0 saturated heterocycles. The maximum Gasteiger partial charge on any atom is 0.0575 e. The molecule has 0 aromatic carbocycles. The summed E-state index contributed by atoms with van der Waals surface area (Å²) in [6.45, 7) is 0.927. The number of hydroxylamine groups is 2. The molecule has 0 N–H and O–H groups in total. The van der Waals surface area contributed by atoms with E-state index in [1.807, 2.05) is 7.05 Å². The summed E-state index contributed by atoms with van der Waals surface area (Å²) in [5, 5.41) is 2.71. The van der Waals surface area contributed by atoms with Gasteiger partial charge in [0.05, 0.1) is 7.11 Å². The first-order valence-corrected chi connectivity index (χ1v) is 3.24. The Morgan fingerprint density at radius 2 is 2.12 bits per heavy atom. The number of rotatable bonds is 3. The summed E-state index contributed by atoms with van der Waals surface area (Å²) in [5.41, 5.74) is 0. The third-order valence-electron chi connectivity index (χ3n) is 0.711. The van der Waals surface area contributed by atoms with Crippen molar-refractivity contribution in [1.82, 2.24) is 5.06 Å². The van der Waals surface area contributed by atoms with Crippen LogP contribution in [0.1, 0.15) is 0 Å². The lowest BCUT2D eigenvalue weighted by atomic mass is 10.8. The molecule has 0 aliphatic carbocycles. The Hall–Kier alpha value is 0.880. The standard InChI is InChI=1S/C4H10BrNO.BrH/c1-6(7-2)4-3-5;/h3-4H2,1-2H3;1H. The van der Waals surface area contributed by atoms with E-state index in [-0.39, 0.29) is 17.0 Å². The van der Waals surface area contributed by atoms with Gasteiger partial charge in [-0.25, -0.2) is 0 Å². The lowest BCUT2D eigenvalue weighted by Gasteiger charge is -2.09. The lowest BCUT2D eigenvalue weighted by Crippen LogP contribution is -2.18. The van der Waals surface area contributed by atoms with Gasteiger partial charge >= 0.3 is 0 Å². The van der Waals surface area contributed by atoms with Gasteiger partial charge < -0.3 is 4.84 Å². The van der Waals surface area contributed by atoms with E-state index in [4.69, 9.17) is 4.84 Å². The quantitative estimate of drug-likeness (QED) is 0.554. The maximum atomic E-state index is 4.79. The van der Waals surface area contributed by atoms with Crippen molar-refractivity contribution in [3.05, 3.63) is 0 Å². The van der Waals surface area contributed by atoms with E-state index in [0.29, 0.717) is 0 Å². The molecular formula is C4H11Br2NO. The number of hydrogen-bond donors (Lipinski definition) is 0. The lowest BCUT2D eigenvalue weighted by molar-refractivity contribution is -0.103. The summed E-state index contributed by atoms with van der Waals surface area (Å²) in [4.78, 5) is 4.79. The van der Waals surface area contributed by atoms with Crippen molar-refractivity contribution in [3.8, 4) is 0 Å². The van der Waals surface area contributed by atoms with Gasteiger partial charge in [-0.2, -0.15) is 5.06 Å². The minimum Gasteiger partial charge on any atom is -0.303 e. The molecule has 2 nitrogen and oxygen atoms in total. The van der Waals surface area contributed by atoms with Crippen LogP contribution in [0.2, 0.25) is 0 Å². The highest BCUT2D eigenvalue weighted by molar-refractivity contribution is 9.09. The van der Waals surface area contributed by atoms with Gasteiger partial charge in [0.15, 0.2) is 0 Å². The Bertz CT molecular complexity index is 45.0. The van der Waals surface area contributed by atoms with Crippen molar-refractivity contribution < 1.29 is 4.84 Å². The van der Waals surface area contributed by atoms with Gasteiger partial charge in [-0.1, -0.05) is 15.9 Å². The van der Waals surface area contributed by atoms with E-state index in [9.17, 15) is 0 Å². The van der Waals surface area contributed by atoms with Gasteiger partial charge in [-0.3, -0.25) is 0 Å². The van der Waals surface area contributed by atoms with Crippen LogP contribution >= 0.6 is 32.9 Å². The van der Waals surface area contributed by atoms with Crippen molar-refractivity contribution in [1.29, 1.82) is 0 Å². The second-order valence-corrected chi connectivity index (χ2v) is 2.02. The zero-order valence-corrected chi connectivity index (χ0v) is 8.35. The summed E-state index contributed by atoms with van der Waals surface area (Å²) in [7, 11) is 3.55. The molecule has 0 aliphatic rings. The van der Waals surface area contributed by atoms with Crippen LogP contribution in [0.25, 0.3) is 0 Å². The summed E-state index contributed by atoms with van der Waals surface area (Å²) < 4.78 is 0. The van der Waals surface area contributed by atoms with Gasteiger partial charge in [0.25, 0.3) is 0 Å². The summed E-state index contributed by atoms with van der Waals surface area (Å²) in [6, 6.07) is 0. The SMILES string of the molecule is Br.CON(C)CCBr. The third-order valence-corrected chi connectivity index (χ3v) is 1.07. The molecule has 0 spiro atoms. The fourth-order valence-corrected chi connectivity index (χ4v) is 0.710. The molecule has 0 fully saturated rings. The van der Waals surface area contributed by atoms with Gasteiger partial charge in [-0.15, -0.1) is 17.0 Å². The number of alkyl halides is 1. The van der Waals surface area contributed by atoms with Crippen molar-refractivity contribution >= 4 is 32.9 Å². The molecule has 0 aliphatic heterocycles. The van der Waals surface area contributed by atoms with Crippen LogP contribution < -0.4 is 0 Å². The maximum absolute atomic E-state index is 4.79. The normalized spacial score (nSPS) is 9.00. The third kappa shape index (κ3) is 6.88. The smallest absolute Gasteiger partial charge is 0.0575 e. The fraction of sp³-hybridized carbons (Fsp3) is 1.00. The van der Waals surface area contributed by atoms with Gasteiger partial charge in [0.2, 0.25) is 0 Å². The van der Waals surface area contributed by atoms with Crippen molar-refractivity contribution in [2.24, 2.45) is 0 Å². The molecule has 0 rings (SSSR count). The van der Waals surface area contributed by atoms with E-state index in [1.165, 1.54) is 0 Å². The Labute approximate surface area is 69.0 Å². The van der Waals surface area contributed by atoms with E-state index in [0.717, 1.165) is 11.9 Å². The Kier molecular flexibility index (Phi) is 11.5. The molecule has 0 unspecified atom stereocenters. The second-order valence-electron chi connectivity index (χ2n) is 1.22. The molecule has 4 heteroatoms. The Balaban J connectivity index is 0. The molecule has 8 heavy (non-hydrogen) atoms. The van der Waals surface area contributed by atoms with Crippen LogP contribution in [0, 0.1) is 0 Å². The second kappa shape index (κ2) is 7.88. The molecule has 0 amide bonds. The Morgan fingerprint density at radius 3 is 2.25 bits per heavy atom. The van der Waals surface area contributed by atoms with Gasteiger partial charge in [0.1, 0.15) is 0 Å². The van der Waals surface area contributed by atoms with Gasteiger partial charge in [0, 0.05) is 18.9 Å². The molecule has 0 atom stereocenters. The minimum atomic E-state index is 0. The minimum absolute atomic E-state index is 0. The topological polar surface area (TPSA) is 12.5 Å². The summed E-state index contributed by atoms with van der Waals surface area (Å²) in [5.74, 6) is 0. The van der Waals surface area contributed by atoms with E-state index < -0.39 is 0 Å². The predicted octanol–water partition coefficient (Wildman–Crippen LogP) is 1.45. The molecular weight excluding hydrogens is 238 g/mol. The van der Waals surface area contributed by atoms with Crippen molar-refractivity contribution in [3.63, 3.8) is 0 Å². The van der Waals surface area contributed by atoms with Crippen LogP contribution in [0.15, 0.2) is 0 Å². The van der Waals surface area contributed by atoms with Crippen LogP contribution in [-0.4, -0.2) is 31.1 Å². The van der Waals surface area contributed by atoms with E-state index >= 15 is 0 Å². The highest BCUT2D eigenvalue weighted by atomic mass is 79.9. The summed E-state index contributed by atoms with van der Waals surface area (Å²) >= 11 is 3.27. The van der Waals surface area contributed by atoms with Crippen LogP contribution in [0.4, 0.5) is 0 Å².